The van der Waals surface area contributed by atoms with Gasteiger partial charge in [0.25, 0.3) is 0 Å². The minimum atomic E-state index is -0.806. The molecule has 1 aromatic rings. The van der Waals surface area contributed by atoms with E-state index in [1.807, 2.05) is 23.1 Å². The Kier molecular flexibility index (Phi) is 4.04. The largest absolute Gasteiger partial charge is 0.480 e. The van der Waals surface area contributed by atoms with Crippen LogP contribution in [-0.2, 0) is 11.2 Å². The fourth-order valence-corrected chi connectivity index (χ4v) is 2.78. The lowest BCUT2D eigenvalue weighted by Gasteiger charge is -2.26. The lowest BCUT2D eigenvalue weighted by Crippen LogP contribution is -2.32. The van der Waals surface area contributed by atoms with Crippen LogP contribution in [0.1, 0.15) is 23.6 Å². The van der Waals surface area contributed by atoms with E-state index in [1.165, 1.54) is 11.1 Å². The lowest BCUT2D eigenvalue weighted by atomic mass is 10.1. The number of hydrogen-bond donors (Lipinski definition) is 1. The van der Waals surface area contributed by atoms with Gasteiger partial charge in [-0.1, -0.05) is 23.7 Å². The van der Waals surface area contributed by atoms with Gasteiger partial charge in [0.05, 0.1) is 6.54 Å². The van der Waals surface area contributed by atoms with Crippen LogP contribution in [-0.4, -0.2) is 29.1 Å². The van der Waals surface area contributed by atoms with Crippen LogP contribution < -0.4 is 0 Å². The highest BCUT2D eigenvalue weighted by molar-refractivity contribution is 6.30. The van der Waals surface area contributed by atoms with Crippen molar-refractivity contribution in [3.8, 4) is 0 Å². The zero-order valence-corrected chi connectivity index (χ0v) is 10.9. The van der Waals surface area contributed by atoms with Gasteiger partial charge >= 0.3 is 5.97 Å². The number of nitrogens with zero attached hydrogens (tertiary/aromatic N) is 1. The van der Waals surface area contributed by atoms with E-state index >= 15 is 0 Å². The number of aryl methyl sites for hydroxylation is 1. The van der Waals surface area contributed by atoms with Crippen molar-refractivity contribution in [3.05, 3.63) is 47.0 Å². The fourth-order valence-electron chi connectivity index (χ4n) is 2.58. The van der Waals surface area contributed by atoms with E-state index in [0.29, 0.717) is 6.54 Å². The number of carbonyl (C=O) groups is 1. The first-order valence-corrected chi connectivity index (χ1v) is 6.34. The number of aliphatic carboxylic acids is 1. The molecule has 1 aromatic carbocycles. The summed E-state index contributed by atoms with van der Waals surface area (Å²) in [6, 6.07) is 6.01. The quantitative estimate of drug-likeness (QED) is 0.833. The minimum Gasteiger partial charge on any atom is -0.480 e. The van der Waals surface area contributed by atoms with Crippen LogP contribution in [0, 0.1) is 0 Å². The molecule has 0 saturated heterocycles. The van der Waals surface area contributed by atoms with Gasteiger partial charge < -0.3 is 5.11 Å². The first-order valence-electron chi connectivity index (χ1n) is 5.97. The number of halogens is 1. The summed E-state index contributed by atoms with van der Waals surface area (Å²) in [5, 5.41) is 9.70. The SMILES string of the molecule is C=CCN(CC(=O)O)C1CCc2cc(Cl)ccc21. The Morgan fingerprint density at radius 3 is 3.06 bits per heavy atom. The topological polar surface area (TPSA) is 40.5 Å². The van der Waals surface area contributed by atoms with E-state index < -0.39 is 5.97 Å². The molecule has 4 heteroatoms. The molecular formula is C14H16ClNO2. The summed E-state index contributed by atoms with van der Waals surface area (Å²) in [6.07, 6.45) is 3.64. The molecule has 0 saturated carbocycles. The summed E-state index contributed by atoms with van der Waals surface area (Å²) >= 11 is 5.97. The molecule has 0 spiro atoms. The second kappa shape index (κ2) is 5.55. The Labute approximate surface area is 112 Å². The highest BCUT2D eigenvalue weighted by Crippen LogP contribution is 2.36. The van der Waals surface area contributed by atoms with Crippen molar-refractivity contribution < 1.29 is 9.90 Å². The third-order valence-electron chi connectivity index (χ3n) is 3.29. The third kappa shape index (κ3) is 2.74. The Morgan fingerprint density at radius 2 is 2.39 bits per heavy atom. The van der Waals surface area contributed by atoms with Crippen molar-refractivity contribution in [3.63, 3.8) is 0 Å². The minimum absolute atomic E-state index is 0.0404. The van der Waals surface area contributed by atoms with Crippen LogP contribution in [0.5, 0.6) is 0 Å². The molecule has 0 aliphatic heterocycles. The Balaban J connectivity index is 2.24. The zero-order chi connectivity index (χ0) is 13.1. The summed E-state index contributed by atoms with van der Waals surface area (Å²) in [5.41, 5.74) is 2.43. The summed E-state index contributed by atoms with van der Waals surface area (Å²) in [5.74, 6) is -0.806. The van der Waals surface area contributed by atoms with Crippen molar-refractivity contribution >= 4 is 17.6 Å². The van der Waals surface area contributed by atoms with Crippen LogP contribution in [0.4, 0.5) is 0 Å². The van der Waals surface area contributed by atoms with E-state index in [9.17, 15) is 4.79 Å². The lowest BCUT2D eigenvalue weighted by molar-refractivity contribution is -0.138. The molecular weight excluding hydrogens is 250 g/mol. The number of rotatable bonds is 5. The first kappa shape index (κ1) is 13.1. The molecule has 1 aliphatic rings. The molecule has 96 valence electrons. The molecule has 0 fully saturated rings. The number of carboxylic acids is 1. The number of hydrogen-bond acceptors (Lipinski definition) is 2. The van der Waals surface area contributed by atoms with Gasteiger partial charge in [0, 0.05) is 17.6 Å². The van der Waals surface area contributed by atoms with E-state index in [4.69, 9.17) is 16.7 Å². The van der Waals surface area contributed by atoms with Gasteiger partial charge in [-0.05, 0) is 36.1 Å². The van der Waals surface area contributed by atoms with Crippen molar-refractivity contribution in [1.82, 2.24) is 4.90 Å². The maximum Gasteiger partial charge on any atom is 0.317 e. The second-order valence-corrected chi connectivity index (χ2v) is 4.95. The number of fused-ring (bicyclic) bond motifs is 1. The highest BCUT2D eigenvalue weighted by atomic mass is 35.5. The predicted octanol–water partition coefficient (Wildman–Crippen LogP) is 2.90. The maximum absolute atomic E-state index is 10.9. The van der Waals surface area contributed by atoms with Crippen LogP contribution >= 0.6 is 11.6 Å². The number of benzene rings is 1. The van der Waals surface area contributed by atoms with Gasteiger partial charge in [-0.3, -0.25) is 9.69 Å². The molecule has 2 rings (SSSR count). The van der Waals surface area contributed by atoms with Gasteiger partial charge in [-0.2, -0.15) is 0 Å². The molecule has 1 N–H and O–H groups in total. The molecule has 1 unspecified atom stereocenters. The van der Waals surface area contributed by atoms with E-state index in [1.54, 1.807) is 6.08 Å². The molecule has 0 amide bonds. The molecule has 3 nitrogen and oxygen atoms in total. The molecule has 0 heterocycles. The van der Waals surface area contributed by atoms with E-state index in [0.717, 1.165) is 17.9 Å². The maximum atomic E-state index is 10.9. The smallest absolute Gasteiger partial charge is 0.317 e. The van der Waals surface area contributed by atoms with Gasteiger partial charge in [0.2, 0.25) is 0 Å². The first-order chi connectivity index (χ1) is 8.61. The van der Waals surface area contributed by atoms with Crippen LogP contribution in [0.3, 0.4) is 0 Å². The summed E-state index contributed by atoms with van der Waals surface area (Å²) < 4.78 is 0. The Morgan fingerprint density at radius 1 is 1.61 bits per heavy atom. The van der Waals surface area contributed by atoms with Crippen molar-refractivity contribution in [2.24, 2.45) is 0 Å². The average molecular weight is 266 g/mol. The van der Waals surface area contributed by atoms with Gasteiger partial charge in [-0.25, -0.2) is 0 Å². The standard InChI is InChI=1S/C14H16ClNO2/c1-2-7-16(9-14(17)18)13-6-3-10-8-11(15)4-5-12(10)13/h2,4-5,8,13H,1,3,6-7,9H2,(H,17,18). The van der Waals surface area contributed by atoms with Crippen molar-refractivity contribution in [2.75, 3.05) is 13.1 Å². The van der Waals surface area contributed by atoms with E-state index in [-0.39, 0.29) is 12.6 Å². The Hall–Kier alpha value is -1.32. The summed E-state index contributed by atoms with van der Waals surface area (Å²) in [7, 11) is 0. The number of carboxylic acid groups (broad SMARTS) is 1. The molecule has 0 aromatic heterocycles. The summed E-state index contributed by atoms with van der Waals surface area (Å²) in [6.45, 7) is 4.32. The Bertz CT molecular complexity index is 473. The molecule has 1 aliphatic carbocycles. The van der Waals surface area contributed by atoms with Crippen LogP contribution in [0.15, 0.2) is 30.9 Å². The third-order valence-corrected chi connectivity index (χ3v) is 3.53. The molecule has 18 heavy (non-hydrogen) atoms. The highest BCUT2D eigenvalue weighted by Gasteiger charge is 2.28. The predicted molar refractivity (Wildman–Crippen MR) is 71.9 cm³/mol. The monoisotopic (exact) mass is 265 g/mol. The van der Waals surface area contributed by atoms with Crippen molar-refractivity contribution in [1.29, 1.82) is 0 Å². The van der Waals surface area contributed by atoms with Crippen LogP contribution in [0.2, 0.25) is 5.02 Å². The van der Waals surface area contributed by atoms with Gasteiger partial charge in [0.1, 0.15) is 0 Å². The van der Waals surface area contributed by atoms with Crippen molar-refractivity contribution in [2.45, 2.75) is 18.9 Å². The molecule has 0 bridgehead atoms. The van der Waals surface area contributed by atoms with E-state index in [2.05, 4.69) is 6.58 Å². The summed E-state index contributed by atoms with van der Waals surface area (Å²) in [4.78, 5) is 12.8. The van der Waals surface area contributed by atoms with Gasteiger partial charge in [-0.15, -0.1) is 6.58 Å². The average Bonchev–Trinajstić information content (AvgIpc) is 2.70. The molecule has 0 radical (unpaired) electrons. The molecule has 1 atom stereocenters. The fraction of sp³-hybridized carbons (Fsp3) is 0.357. The normalized spacial score (nSPS) is 17.8. The zero-order valence-electron chi connectivity index (χ0n) is 10.1. The van der Waals surface area contributed by atoms with Crippen LogP contribution in [0.25, 0.3) is 0 Å². The van der Waals surface area contributed by atoms with Gasteiger partial charge in [0.15, 0.2) is 0 Å². The second-order valence-electron chi connectivity index (χ2n) is 4.51.